The zero-order valence-electron chi connectivity index (χ0n) is 11.9. The van der Waals surface area contributed by atoms with Gasteiger partial charge in [-0.1, -0.05) is 29.8 Å². The third-order valence-corrected chi connectivity index (χ3v) is 4.32. The highest BCUT2D eigenvalue weighted by molar-refractivity contribution is 7.15. The van der Waals surface area contributed by atoms with Crippen molar-refractivity contribution in [2.75, 3.05) is 11.1 Å². The molecule has 3 rings (SSSR count). The average Bonchev–Trinajstić information content (AvgIpc) is 2.97. The summed E-state index contributed by atoms with van der Waals surface area (Å²) in [5, 5.41) is 3.85. The van der Waals surface area contributed by atoms with E-state index in [9.17, 15) is 4.79 Å². The van der Waals surface area contributed by atoms with Crippen molar-refractivity contribution in [2.45, 2.75) is 6.42 Å². The molecule has 0 radical (unpaired) electrons. The molecule has 0 bridgehead atoms. The van der Waals surface area contributed by atoms with Crippen LogP contribution in [0.4, 0.5) is 10.9 Å². The van der Waals surface area contributed by atoms with Gasteiger partial charge in [0.25, 0.3) is 5.91 Å². The molecule has 0 saturated carbocycles. The molecular formula is C15H12ClN5OS. The summed E-state index contributed by atoms with van der Waals surface area (Å²) in [5.74, 6) is -0.355. The Morgan fingerprint density at radius 3 is 2.78 bits per heavy atom. The first-order valence-corrected chi connectivity index (χ1v) is 7.89. The van der Waals surface area contributed by atoms with E-state index in [4.69, 9.17) is 17.3 Å². The van der Waals surface area contributed by atoms with Gasteiger partial charge < -0.3 is 5.73 Å². The van der Waals surface area contributed by atoms with E-state index in [2.05, 4.69) is 20.3 Å². The summed E-state index contributed by atoms with van der Waals surface area (Å²) < 4.78 is 0. The van der Waals surface area contributed by atoms with E-state index in [1.54, 1.807) is 6.20 Å². The molecule has 23 heavy (non-hydrogen) atoms. The summed E-state index contributed by atoms with van der Waals surface area (Å²) in [6, 6.07) is 7.62. The molecule has 2 aromatic heterocycles. The van der Waals surface area contributed by atoms with Crippen LogP contribution in [0, 0.1) is 0 Å². The summed E-state index contributed by atoms with van der Waals surface area (Å²) in [6.45, 7) is 0. The number of aromatic nitrogens is 3. The number of nitrogens with zero attached hydrogens (tertiary/aromatic N) is 3. The second-order valence-corrected chi connectivity index (χ2v) is 6.17. The lowest BCUT2D eigenvalue weighted by molar-refractivity contribution is 0.102. The van der Waals surface area contributed by atoms with E-state index in [0.29, 0.717) is 16.6 Å². The van der Waals surface area contributed by atoms with Gasteiger partial charge in [-0.25, -0.2) is 15.0 Å². The number of benzene rings is 1. The maximum atomic E-state index is 12.1. The first-order chi connectivity index (χ1) is 11.1. The van der Waals surface area contributed by atoms with E-state index >= 15 is 0 Å². The fraction of sp³-hybridized carbons (Fsp3) is 0.0667. The van der Waals surface area contributed by atoms with Gasteiger partial charge in [0, 0.05) is 34.9 Å². The third kappa shape index (κ3) is 3.64. The summed E-state index contributed by atoms with van der Waals surface area (Å²) in [5.41, 5.74) is 6.72. The molecule has 3 N–H and O–H groups in total. The smallest absolute Gasteiger partial charge is 0.279 e. The predicted molar refractivity (Wildman–Crippen MR) is 90.8 cm³/mol. The summed E-state index contributed by atoms with van der Waals surface area (Å²) in [6.07, 6.45) is 5.21. The molecule has 0 atom stereocenters. The number of halogens is 1. The molecule has 2 heterocycles. The summed E-state index contributed by atoms with van der Waals surface area (Å²) >= 11 is 7.52. The largest absolute Gasteiger partial charge is 0.382 e. The van der Waals surface area contributed by atoms with E-state index in [1.807, 2.05) is 24.3 Å². The normalized spacial score (nSPS) is 10.5. The van der Waals surface area contributed by atoms with Gasteiger partial charge in [0.1, 0.15) is 0 Å². The molecular weight excluding hydrogens is 334 g/mol. The van der Waals surface area contributed by atoms with Gasteiger partial charge >= 0.3 is 0 Å². The van der Waals surface area contributed by atoms with E-state index < -0.39 is 5.91 Å². The van der Waals surface area contributed by atoms with Crippen molar-refractivity contribution >= 4 is 39.8 Å². The van der Waals surface area contributed by atoms with Crippen LogP contribution in [-0.4, -0.2) is 20.9 Å². The maximum Gasteiger partial charge on any atom is 0.279 e. The van der Waals surface area contributed by atoms with Gasteiger partial charge in [-0.15, -0.1) is 11.3 Å². The number of amides is 1. The highest BCUT2D eigenvalue weighted by Crippen LogP contribution is 2.25. The molecule has 1 aromatic carbocycles. The fourth-order valence-corrected chi connectivity index (χ4v) is 2.99. The molecule has 1 amide bonds. The van der Waals surface area contributed by atoms with Crippen LogP contribution in [0.3, 0.4) is 0 Å². The summed E-state index contributed by atoms with van der Waals surface area (Å²) in [4.78, 5) is 25.0. The first kappa shape index (κ1) is 15.4. The number of nitrogens with one attached hydrogen (secondary N) is 1. The molecule has 0 aliphatic carbocycles. The quantitative estimate of drug-likeness (QED) is 0.758. The van der Waals surface area contributed by atoms with Crippen molar-refractivity contribution in [3.8, 4) is 0 Å². The fourth-order valence-electron chi connectivity index (χ4n) is 1.96. The van der Waals surface area contributed by atoms with Crippen molar-refractivity contribution in [2.24, 2.45) is 0 Å². The molecule has 0 aliphatic rings. The van der Waals surface area contributed by atoms with Crippen LogP contribution in [0.1, 0.15) is 20.9 Å². The minimum absolute atomic E-state index is 0.0790. The van der Waals surface area contributed by atoms with Gasteiger partial charge in [0.05, 0.1) is 0 Å². The zero-order valence-corrected chi connectivity index (χ0v) is 13.4. The van der Waals surface area contributed by atoms with E-state index in [-0.39, 0.29) is 11.5 Å². The molecule has 8 heteroatoms. The van der Waals surface area contributed by atoms with Crippen LogP contribution in [0.2, 0.25) is 5.02 Å². The topological polar surface area (TPSA) is 93.8 Å². The van der Waals surface area contributed by atoms with Gasteiger partial charge in [0.15, 0.2) is 16.6 Å². The Morgan fingerprint density at radius 2 is 2.00 bits per heavy atom. The number of thiazole rings is 1. The standard InChI is InChI=1S/C15H12ClN5OS/c16-11-4-2-1-3-9(11)7-10-8-20-15(23-10)21-14(22)12-13(17)19-6-5-18-12/h1-6,8H,7H2,(H2,17,19)(H,20,21,22). The van der Waals surface area contributed by atoms with Gasteiger partial charge in [-0.05, 0) is 11.6 Å². The Morgan fingerprint density at radius 1 is 1.22 bits per heavy atom. The number of carbonyl (C=O) groups excluding carboxylic acids is 1. The Kier molecular flexibility index (Phi) is 4.50. The lowest BCUT2D eigenvalue weighted by atomic mass is 10.1. The summed E-state index contributed by atoms with van der Waals surface area (Å²) in [7, 11) is 0. The van der Waals surface area contributed by atoms with E-state index in [0.717, 1.165) is 10.4 Å². The molecule has 0 unspecified atom stereocenters. The number of carbonyl (C=O) groups is 1. The Bertz CT molecular complexity index is 851. The Labute approximate surface area is 141 Å². The molecule has 6 nitrogen and oxygen atoms in total. The van der Waals surface area contributed by atoms with Gasteiger partial charge in [-0.2, -0.15) is 0 Å². The average molecular weight is 346 g/mol. The Balaban J connectivity index is 1.72. The predicted octanol–water partition coefficient (Wildman–Crippen LogP) is 3.01. The number of rotatable bonds is 4. The zero-order chi connectivity index (χ0) is 16.2. The van der Waals surface area contributed by atoms with Crippen LogP contribution in [0.25, 0.3) is 0 Å². The first-order valence-electron chi connectivity index (χ1n) is 6.69. The van der Waals surface area contributed by atoms with Gasteiger partial charge in [0.2, 0.25) is 0 Å². The van der Waals surface area contributed by atoms with Gasteiger partial charge in [-0.3, -0.25) is 10.1 Å². The molecule has 0 saturated heterocycles. The molecule has 3 aromatic rings. The highest BCUT2D eigenvalue weighted by Gasteiger charge is 2.14. The van der Waals surface area contributed by atoms with Crippen LogP contribution < -0.4 is 11.1 Å². The maximum absolute atomic E-state index is 12.1. The second kappa shape index (κ2) is 6.72. The van der Waals surface area contributed by atoms with Crippen LogP contribution >= 0.6 is 22.9 Å². The van der Waals surface area contributed by atoms with Crippen molar-refractivity contribution < 1.29 is 4.79 Å². The third-order valence-electron chi connectivity index (χ3n) is 3.04. The van der Waals surface area contributed by atoms with Crippen molar-refractivity contribution in [3.05, 3.63) is 64.0 Å². The number of anilines is 2. The van der Waals surface area contributed by atoms with Crippen LogP contribution in [0.15, 0.2) is 42.9 Å². The molecule has 0 fully saturated rings. The van der Waals surface area contributed by atoms with Crippen molar-refractivity contribution in [1.29, 1.82) is 0 Å². The van der Waals surface area contributed by atoms with Crippen LogP contribution in [-0.2, 0) is 6.42 Å². The monoisotopic (exact) mass is 345 g/mol. The number of hydrogen-bond donors (Lipinski definition) is 2. The molecule has 0 spiro atoms. The molecule has 116 valence electrons. The number of nitrogens with two attached hydrogens (primary N) is 1. The van der Waals surface area contributed by atoms with Crippen LogP contribution in [0.5, 0.6) is 0 Å². The SMILES string of the molecule is Nc1nccnc1C(=O)Nc1ncc(Cc2ccccc2Cl)s1. The minimum atomic E-state index is -0.436. The Hall–Kier alpha value is -2.51. The lowest BCUT2D eigenvalue weighted by Crippen LogP contribution is -2.16. The molecule has 0 aliphatic heterocycles. The second-order valence-electron chi connectivity index (χ2n) is 4.64. The number of nitrogen functional groups attached to an aromatic ring is 1. The lowest BCUT2D eigenvalue weighted by Gasteiger charge is -2.02. The highest BCUT2D eigenvalue weighted by atomic mass is 35.5. The van der Waals surface area contributed by atoms with Crippen molar-refractivity contribution in [3.63, 3.8) is 0 Å². The number of hydrogen-bond acceptors (Lipinski definition) is 6. The van der Waals surface area contributed by atoms with Crippen molar-refractivity contribution in [1.82, 2.24) is 15.0 Å². The van der Waals surface area contributed by atoms with E-state index in [1.165, 1.54) is 23.7 Å². The minimum Gasteiger partial charge on any atom is -0.382 e.